The van der Waals surface area contributed by atoms with Crippen LogP contribution in [-0.4, -0.2) is 22.3 Å². The second kappa shape index (κ2) is 6.46. The number of nitrogens with two attached hydrogens (primary N) is 1. The molecule has 0 fully saturated rings. The van der Waals surface area contributed by atoms with Gasteiger partial charge in [0.2, 0.25) is 5.95 Å². The van der Waals surface area contributed by atoms with Gasteiger partial charge in [-0.2, -0.15) is 0 Å². The zero-order valence-electron chi connectivity index (χ0n) is 10.3. The lowest BCUT2D eigenvalue weighted by Crippen LogP contribution is -2.25. The van der Waals surface area contributed by atoms with Crippen LogP contribution in [0.15, 0.2) is 42.7 Å². The van der Waals surface area contributed by atoms with E-state index in [9.17, 15) is 0 Å². The maximum Gasteiger partial charge on any atom is 0.229 e. The van der Waals surface area contributed by atoms with Gasteiger partial charge in [0.05, 0.1) is 5.84 Å². The van der Waals surface area contributed by atoms with E-state index in [1.54, 1.807) is 12.4 Å². The molecule has 6 heteroatoms. The van der Waals surface area contributed by atoms with Crippen molar-refractivity contribution in [3.8, 4) is 0 Å². The second-order valence-electron chi connectivity index (χ2n) is 3.96. The van der Waals surface area contributed by atoms with Gasteiger partial charge in [-0.1, -0.05) is 18.2 Å². The molecular formula is C13H14IN5. The van der Waals surface area contributed by atoms with Gasteiger partial charge in [-0.15, -0.1) is 0 Å². The molecule has 98 valence electrons. The van der Waals surface area contributed by atoms with Gasteiger partial charge in [0, 0.05) is 34.6 Å². The van der Waals surface area contributed by atoms with Gasteiger partial charge in [0.25, 0.3) is 0 Å². The van der Waals surface area contributed by atoms with Crippen LogP contribution in [0.2, 0.25) is 0 Å². The van der Waals surface area contributed by atoms with Crippen molar-refractivity contribution in [1.29, 1.82) is 5.41 Å². The van der Waals surface area contributed by atoms with Gasteiger partial charge in [0.1, 0.15) is 0 Å². The molecule has 0 radical (unpaired) electrons. The summed E-state index contributed by atoms with van der Waals surface area (Å²) >= 11 is 2.17. The highest BCUT2D eigenvalue weighted by atomic mass is 127. The number of hydrogen-bond acceptors (Lipinski definition) is 4. The van der Waals surface area contributed by atoms with E-state index in [-0.39, 0.29) is 5.84 Å². The summed E-state index contributed by atoms with van der Waals surface area (Å²) in [5.74, 6) is 0.777. The van der Waals surface area contributed by atoms with Crippen LogP contribution in [0.1, 0.15) is 6.42 Å². The maximum absolute atomic E-state index is 7.36. The minimum absolute atomic E-state index is 0.159. The quantitative estimate of drug-likeness (QED) is 0.484. The highest BCUT2D eigenvalue weighted by Gasteiger charge is 2.11. The molecule has 5 nitrogen and oxygen atoms in total. The number of hydrogen-bond donors (Lipinski definition) is 2. The van der Waals surface area contributed by atoms with Gasteiger partial charge in [0.15, 0.2) is 0 Å². The fraction of sp³-hybridized carbons (Fsp3) is 0.154. The topological polar surface area (TPSA) is 78.9 Å². The molecule has 2 aromatic rings. The summed E-state index contributed by atoms with van der Waals surface area (Å²) in [6, 6.07) is 9.86. The predicted octanol–water partition coefficient (Wildman–Crippen LogP) is 2.55. The van der Waals surface area contributed by atoms with Gasteiger partial charge in [-0.25, -0.2) is 9.97 Å². The highest BCUT2D eigenvalue weighted by molar-refractivity contribution is 14.1. The van der Waals surface area contributed by atoms with Gasteiger partial charge in [-0.05, 0) is 34.7 Å². The lowest BCUT2D eigenvalue weighted by atomic mass is 10.2. The van der Waals surface area contributed by atoms with Gasteiger partial charge in [-0.3, -0.25) is 5.41 Å². The highest BCUT2D eigenvalue weighted by Crippen LogP contribution is 2.21. The van der Waals surface area contributed by atoms with Crippen molar-refractivity contribution in [2.75, 3.05) is 11.4 Å². The number of aromatic nitrogens is 2. The molecular weight excluding hydrogens is 353 g/mol. The molecule has 1 aromatic carbocycles. The third-order valence-corrected chi connectivity index (χ3v) is 3.08. The molecule has 0 amide bonds. The van der Waals surface area contributed by atoms with E-state index >= 15 is 0 Å². The number of nitrogens with zero attached hydrogens (tertiary/aromatic N) is 3. The molecule has 1 aromatic heterocycles. The number of para-hydroxylation sites is 1. The van der Waals surface area contributed by atoms with Gasteiger partial charge >= 0.3 is 0 Å². The number of nitrogens with one attached hydrogen (secondary N) is 1. The molecule has 0 saturated carbocycles. The minimum Gasteiger partial charge on any atom is -0.388 e. The summed E-state index contributed by atoms with van der Waals surface area (Å²) in [6.45, 7) is 0.583. The van der Waals surface area contributed by atoms with Crippen molar-refractivity contribution in [1.82, 2.24) is 9.97 Å². The van der Waals surface area contributed by atoms with Crippen LogP contribution in [0.25, 0.3) is 0 Å². The minimum atomic E-state index is 0.159. The Morgan fingerprint density at radius 2 is 1.84 bits per heavy atom. The van der Waals surface area contributed by atoms with E-state index in [0.29, 0.717) is 18.9 Å². The Labute approximate surface area is 125 Å². The molecule has 0 spiro atoms. The summed E-state index contributed by atoms with van der Waals surface area (Å²) < 4.78 is 0.987. The molecule has 2 rings (SSSR count). The average Bonchev–Trinajstić information content (AvgIpc) is 2.42. The Balaban J connectivity index is 2.28. The molecule has 0 aliphatic rings. The van der Waals surface area contributed by atoms with Crippen LogP contribution in [0, 0.1) is 8.98 Å². The molecule has 0 saturated heterocycles. The number of amidine groups is 1. The number of benzene rings is 1. The zero-order chi connectivity index (χ0) is 13.7. The van der Waals surface area contributed by atoms with Crippen LogP contribution in [-0.2, 0) is 0 Å². The molecule has 0 aliphatic heterocycles. The fourth-order valence-electron chi connectivity index (χ4n) is 1.63. The Kier molecular flexibility index (Phi) is 4.67. The third-order valence-electron chi connectivity index (χ3n) is 2.52. The van der Waals surface area contributed by atoms with E-state index in [0.717, 1.165) is 9.26 Å². The first kappa shape index (κ1) is 13.7. The lowest BCUT2D eigenvalue weighted by molar-refractivity contribution is 0.901. The second-order valence-corrected chi connectivity index (χ2v) is 5.21. The number of anilines is 2. The largest absolute Gasteiger partial charge is 0.388 e. The normalized spacial score (nSPS) is 10.2. The van der Waals surface area contributed by atoms with Crippen LogP contribution >= 0.6 is 22.6 Å². The molecule has 0 atom stereocenters. The van der Waals surface area contributed by atoms with Crippen molar-refractivity contribution in [2.24, 2.45) is 5.73 Å². The van der Waals surface area contributed by atoms with Crippen LogP contribution in [0.3, 0.4) is 0 Å². The Bertz CT molecular complexity index is 541. The summed E-state index contributed by atoms with van der Waals surface area (Å²) in [4.78, 5) is 10.6. The van der Waals surface area contributed by atoms with Crippen molar-refractivity contribution < 1.29 is 0 Å². The summed E-state index contributed by atoms with van der Waals surface area (Å²) in [6.07, 6.45) is 4.02. The Hall–Kier alpha value is -1.70. The van der Waals surface area contributed by atoms with Crippen LogP contribution in [0.5, 0.6) is 0 Å². The zero-order valence-corrected chi connectivity index (χ0v) is 12.4. The lowest BCUT2D eigenvalue weighted by Gasteiger charge is -2.22. The summed E-state index contributed by atoms with van der Waals surface area (Å²) in [5.41, 5.74) is 6.43. The summed E-state index contributed by atoms with van der Waals surface area (Å²) in [7, 11) is 0. The molecule has 0 bridgehead atoms. The number of rotatable bonds is 5. The van der Waals surface area contributed by atoms with E-state index < -0.39 is 0 Å². The van der Waals surface area contributed by atoms with Crippen molar-refractivity contribution in [3.63, 3.8) is 0 Å². The Morgan fingerprint density at radius 1 is 1.21 bits per heavy atom. The summed E-state index contributed by atoms with van der Waals surface area (Å²) in [5, 5.41) is 7.36. The monoisotopic (exact) mass is 367 g/mol. The van der Waals surface area contributed by atoms with Crippen molar-refractivity contribution in [3.05, 3.63) is 46.3 Å². The first-order chi connectivity index (χ1) is 9.16. The standard InChI is InChI=1S/C13H14IN5/c14-10-8-17-13(18-9-10)19(7-6-12(15)16)11-4-2-1-3-5-11/h1-5,8-9H,6-7H2,(H3,15,16). The smallest absolute Gasteiger partial charge is 0.229 e. The molecule has 0 unspecified atom stereocenters. The molecule has 3 N–H and O–H groups in total. The van der Waals surface area contributed by atoms with Gasteiger partial charge < -0.3 is 10.6 Å². The van der Waals surface area contributed by atoms with Crippen molar-refractivity contribution in [2.45, 2.75) is 6.42 Å². The van der Waals surface area contributed by atoms with E-state index in [1.165, 1.54) is 0 Å². The van der Waals surface area contributed by atoms with Crippen LogP contribution in [0.4, 0.5) is 11.6 Å². The molecule has 0 aliphatic carbocycles. The number of halogens is 1. The Morgan fingerprint density at radius 3 is 2.42 bits per heavy atom. The van der Waals surface area contributed by atoms with Crippen LogP contribution < -0.4 is 10.6 Å². The SMILES string of the molecule is N=C(N)CCN(c1ccccc1)c1ncc(I)cn1. The van der Waals surface area contributed by atoms with Crippen molar-refractivity contribution >= 4 is 40.1 Å². The van der Waals surface area contributed by atoms with E-state index in [2.05, 4.69) is 32.6 Å². The third kappa shape index (κ3) is 3.88. The fourth-order valence-corrected chi connectivity index (χ4v) is 1.91. The first-order valence-electron chi connectivity index (χ1n) is 5.80. The first-order valence-corrected chi connectivity index (χ1v) is 6.88. The average molecular weight is 367 g/mol. The van der Waals surface area contributed by atoms with E-state index in [4.69, 9.17) is 11.1 Å². The molecule has 1 heterocycles. The van der Waals surface area contributed by atoms with E-state index in [1.807, 2.05) is 35.2 Å². The maximum atomic E-state index is 7.36. The molecule has 19 heavy (non-hydrogen) atoms. The predicted molar refractivity (Wildman–Crippen MR) is 84.7 cm³/mol.